The van der Waals surface area contributed by atoms with Crippen LogP contribution in [0.4, 0.5) is 19.0 Å². The zero-order valence-corrected chi connectivity index (χ0v) is 24.3. The first-order chi connectivity index (χ1) is 21.3. The highest BCUT2D eigenvalue weighted by Gasteiger charge is 2.49. The lowest BCUT2D eigenvalue weighted by atomic mass is 9.95. The number of terminal acetylenes is 1. The Kier molecular flexibility index (Phi) is 7.22. The predicted octanol–water partition coefficient (Wildman–Crippen LogP) is 5.38. The molecule has 0 saturated carbocycles. The fraction of sp³-hybridized carbons (Fsp3) is 0.424. The number of nitrogens with zero attached hydrogens (tertiary/aromatic N) is 5. The third kappa shape index (κ3) is 4.77. The highest BCUT2D eigenvalue weighted by Crippen LogP contribution is 2.42. The molecule has 0 amide bonds. The monoisotopic (exact) mass is 603 g/mol. The minimum absolute atomic E-state index is 0.0217. The number of aromatic hydroxyl groups is 1. The van der Waals surface area contributed by atoms with Gasteiger partial charge in [-0.15, -0.1) is 6.42 Å². The van der Waals surface area contributed by atoms with Crippen molar-refractivity contribution >= 4 is 27.5 Å². The number of alkyl halides is 1. The molecule has 228 valence electrons. The summed E-state index contributed by atoms with van der Waals surface area (Å²) in [6.45, 7) is 4.97. The first-order valence-corrected chi connectivity index (χ1v) is 14.9. The SMILES string of the molecule is C#Cc1c(F)ccc2cc(O)cc(-c3ncc4c(N5CCOCCC5C)nc(OC[C@@]56CCCN5C[C@H](F)C6)nc4c3F)c12. The summed E-state index contributed by atoms with van der Waals surface area (Å²) in [5, 5.41) is 11.6. The molecule has 3 saturated heterocycles. The molecule has 3 aliphatic rings. The van der Waals surface area contributed by atoms with Crippen LogP contribution in [0.25, 0.3) is 32.9 Å². The Morgan fingerprint density at radius 2 is 2.07 bits per heavy atom. The van der Waals surface area contributed by atoms with Crippen LogP contribution in [0.15, 0.2) is 30.5 Å². The Bertz CT molecular complexity index is 1810. The number of anilines is 1. The maximum atomic E-state index is 16.7. The molecule has 3 aliphatic heterocycles. The van der Waals surface area contributed by atoms with Gasteiger partial charge < -0.3 is 19.5 Å². The van der Waals surface area contributed by atoms with Crippen LogP contribution >= 0.6 is 0 Å². The number of aromatic nitrogens is 3. The van der Waals surface area contributed by atoms with E-state index in [1.54, 1.807) is 0 Å². The van der Waals surface area contributed by atoms with Crippen LogP contribution in [0.2, 0.25) is 0 Å². The summed E-state index contributed by atoms with van der Waals surface area (Å²) in [5.41, 5.74) is -0.572. The van der Waals surface area contributed by atoms with Crippen LogP contribution in [0.5, 0.6) is 11.8 Å². The Morgan fingerprint density at radius 1 is 1.20 bits per heavy atom. The number of phenols is 1. The molecule has 8 nitrogen and oxygen atoms in total. The molecule has 11 heteroatoms. The predicted molar refractivity (Wildman–Crippen MR) is 161 cm³/mol. The van der Waals surface area contributed by atoms with Crippen LogP contribution in [0, 0.1) is 24.0 Å². The summed E-state index contributed by atoms with van der Waals surface area (Å²) in [7, 11) is 0. The second-order valence-corrected chi connectivity index (χ2v) is 12.0. The molecule has 3 atom stereocenters. The molecule has 1 N–H and O–H groups in total. The van der Waals surface area contributed by atoms with E-state index < -0.39 is 23.3 Å². The van der Waals surface area contributed by atoms with Gasteiger partial charge in [-0.3, -0.25) is 9.88 Å². The van der Waals surface area contributed by atoms with E-state index in [0.717, 1.165) is 25.8 Å². The van der Waals surface area contributed by atoms with Crippen LogP contribution in [-0.4, -0.2) is 82.2 Å². The summed E-state index contributed by atoms with van der Waals surface area (Å²) >= 11 is 0. The fourth-order valence-electron chi connectivity index (χ4n) is 7.10. The van der Waals surface area contributed by atoms with E-state index in [-0.39, 0.29) is 52.1 Å². The van der Waals surface area contributed by atoms with Crippen molar-refractivity contribution in [1.82, 2.24) is 19.9 Å². The smallest absolute Gasteiger partial charge is 0.319 e. The van der Waals surface area contributed by atoms with Gasteiger partial charge in [-0.05, 0) is 56.3 Å². The van der Waals surface area contributed by atoms with E-state index in [0.29, 0.717) is 49.3 Å². The Balaban J connectivity index is 1.39. The molecule has 4 aromatic rings. The second kappa shape index (κ2) is 11.1. The van der Waals surface area contributed by atoms with Crippen LogP contribution < -0.4 is 9.64 Å². The Morgan fingerprint density at radius 3 is 2.91 bits per heavy atom. The van der Waals surface area contributed by atoms with Gasteiger partial charge in [-0.25, -0.2) is 13.2 Å². The van der Waals surface area contributed by atoms with Gasteiger partial charge in [0.2, 0.25) is 0 Å². The van der Waals surface area contributed by atoms with Gasteiger partial charge >= 0.3 is 6.01 Å². The van der Waals surface area contributed by atoms with Crippen molar-refractivity contribution in [3.05, 3.63) is 47.7 Å². The number of hydrogen-bond acceptors (Lipinski definition) is 8. The van der Waals surface area contributed by atoms with E-state index in [9.17, 15) is 13.9 Å². The zero-order chi connectivity index (χ0) is 30.6. The molecule has 0 radical (unpaired) electrons. The lowest BCUT2D eigenvalue weighted by Gasteiger charge is -2.31. The van der Waals surface area contributed by atoms with Gasteiger partial charge in [0.25, 0.3) is 0 Å². The van der Waals surface area contributed by atoms with Gasteiger partial charge in [0.05, 0.1) is 23.1 Å². The maximum absolute atomic E-state index is 16.7. The summed E-state index contributed by atoms with van der Waals surface area (Å²) < 4.78 is 57.8. The zero-order valence-electron chi connectivity index (χ0n) is 24.3. The highest BCUT2D eigenvalue weighted by molar-refractivity contribution is 6.03. The van der Waals surface area contributed by atoms with E-state index in [1.165, 1.54) is 30.5 Å². The topological polar surface area (TPSA) is 83.8 Å². The van der Waals surface area contributed by atoms with E-state index in [4.69, 9.17) is 20.9 Å². The third-order valence-corrected chi connectivity index (χ3v) is 9.29. The first kappa shape index (κ1) is 28.6. The van der Waals surface area contributed by atoms with Crippen molar-refractivity contribution in [2.75, 3.05) is 44.4 Å². The van der Waals surface area contributed by atoms with Crippen LogP contribution in [0.1, 0.15) is 38.2 Å². The molecular formula is C33H32F3N5O3. The minimum atomic E-state index is -0.925. The first-order valence-electron chi connectivity index (χ1n) is 14.9. The number of halogens is 3. The molecule has 1 unspecified atom stereocenters. The van der Waals surface area contributed by atoms with Crippen molar-refractivity contribution < 1.29 is 27.8 Å². The molecule has 2 aromatic carbocycles. The number of pyridine rings is 1. The lowest BCUT2D eigenvalue weighted by Crippen LogP contribution is -2.43. The summed E-state index contributed by atoms with van der Waals surface area (Å²) in [5.74, 6) is 1.22. The van der Waals surface area contributed by atoms with E-state index >= 15 is 4.39 Å². The largest absolute Gasteiger partial charge is 0.508 e. The number of fused-ring (bicyclic) bond motifs is 3. The molecule has 2 aromatic heterocycles. The standard InChI is InChI=1S/C33H32F3N5O3/c1-3-23-26(35)6-5-20-13-22(42)14-24(27(20)23)29-28(36)30-25(16-37-29)31(41-10-12-43-11-7-19(41)2)39-32(38-30)44-18-33-8-4-9-40(33)17-21(34)15-33/h1,5-6,13-14,16,19,21,42H,4,7-12,15,17-18H2,2H3/t19?,21-,33+/m1/s1. The number of phenolic OH excluding ortho intramolecular Hbond substituents is 1. The maximum Gasteiger partial charge on any atom is 0.319 e. The van der Waals surface area contributed by atoms with Gasteiger partial charge in [0.1, 0.15) is 41.4 Å². The number of ether oxygens (including phenoxy) is 2. The van der Waals surface area contributed by atoms with Crippen LogP contribution in [-0.2, 0) is 4.74 Å². The van der Waals surface area contributed by atoms with Crippen molar-refractivity contribution in [3.63, 3.8) is 0 Å². The van der Waals surface area contributed by atoms with Crippen molar-refractivity contribution in [3.8, 4) is 35.4 Å². The van der Waals surface area contributed by atoms with Gasteiger partial charge in [0, 0.05) is 49.3 Å². The molecule has 5 heterocycles. The van der Waals surface area contributed by atoms with E-state index in [1.807, 2.05) is 11.8 Å². The average Bonchev–Trinajstić information content (AvgIpc) is 3.44. The molecule has 7 rings (SSSR count). The van der Waals surface area contributed by atoms with Crippen molar-refractivity contribution in [2.45, 2.75) is 50.4 Å². The van der Waals surface area contributed by atoms with Crippen LogP contribution in [0.3, 0.4) is 0 Å². The summed E-state index contributed by atoms with van der Waals surface area (Å²) in [6.07, 6.45) is 9.08. The number of benzene rings is 2. The molecule has 0 aliphatic carbocycles. The molecule has 0 spiro atoms. The Labute approximate surface area is 252 Å². The second-order valence-electron chi connectivity index (χ2n) is 12.0. The molecule has 3 fully saturated rings. The summed E-state index contributed by atoms with van der Waals surface area (Å²) in [6, 6.07) is 5.42. The fourth-order valence-corrected chi connectivity index (χ4v) is 7.10. The molecule has 44 heavy (non-hydrogen) atoms. The summed E-state index contributed by atoms with van der Waals surface area (Å²) in [4.78, 5) is 17.9. The Hall–Kier alpha value is -4.14. The van der Waals surface area contributed by atoms with Crippen molar-refractivity contribution in [2.24, 2.45) is 0 Å². The number of hydrogen-bond donors (Lipinski definition) is 1. The lowest BCUT2D eigenvalue weighted by molar-refractivity contribution is 0.107. The normalized spacial score (nSPS) is 24.0. The number of rotatable bonds is 5. The third-order valence-electron chi connectivity index (χ3n) is 9.29. The van der Waals surface area contributed by atoms with Gasteiger partial charge in [-0.2, -0.15) is 9.97 Å². The highest BCUT2D eigenvalue weighted by atomic mass is 19.1. The quantitative estimate of drug-likeness (QED) is 0.305. The molecule has 0 bridgehead atoms. The van der Waals surface area contributed by atoms with Gasteiger partial charge in [0.15, 0.2) is 5.82 Å². The van der Waals surface area contributed by atoms with E-state index in [2.05, 4.69) is 20.8 Å². The average molecular weight is 604 g/mol. The van der Waals surface area contributed by atoms with Crippen molar-refractivity contribution in [1.29, 1.82) is 0 Å². The van der Waals surface area contributed by atoms with Gasteiger partial charge in [-0.1, -0.05) is 12.0 Å². The minimum Gasteiger partial charge on any atom is -0.508 e. The molecular weight excluding hydrogens is 571 g/mol.